The van der Waals surface area contributed by atoms with Crippen LogP contribution >= 0.6 is 0 Å². The van der Waals surface area contributed by atoms with Gasteiger partial charge in [0.2, 0.25) is 0 Å². The van der Waals surface area contributed by atoms with Crippen molar-refractivity contribution in [3.63, 3.8) is 0 Å². The van der Waals surface area contributed by atoms with Crippen molar-refractivity contribution in [2.45, 2.75) is 56.3 Å². The molecule has 1 radical (unpaired) electrons. The van der Waals surface area contributed by atoms with Crippen molar-refractivity contribution in [2.24, 2.45) is 5.41 Å². The third kappa shape index (κ3) is 3.51. The number of aliphatic hydroxyl groups is 1. The molecule has 2 bridgehead atoms. The number of aryl methyl sites for hydroxylation is 1. The van der Waals surface area contributed by atoms with Gasteiger partial charge in [-0.15, -0.1) is 0 Å². The third-order valence-electron chi connectivity index (χ3n) is 6.12. The maximum atomic E-state index is 11.4. The zero-order valence-corrected chi connectivity index (χ0v) is 18.5. The first-order valence-electron chi connectivity index (χ1n) is 8.02. The molecule has 3 saturated carbocycles. The Balaban J connectivity index is 0.00000208. The standard InChI is InChI=1S/C17H24O5S.K/c1-12-11-13(3-4-14(12)22-2)16-5-8-17(9-6-16,10-7-16)15(18)23(19,20)21;/h3-4,11,15,18H,5-10H2,1-2H3,(H,19,20,21);. The molecule has 0 aromatic heterocycles. The van der Waals surface area contributed by atoms with Crippen molar-refractivity contribution in [3.05, 3.63) is 29.3 Å². The molecule has 129 valence electrons. The van der Waals surface area contributed by atoms with Crippen LogP contribution < -0.4 is 4.74 Å². The van der Waals surface area contributed by atoms with Crippen LogP contribution in [0.4, 0.5) is 0 Å². The van der Waals surface area contributed by atoms with E-state index in [1.165, 1.54) is 5.56 Å². The van der Waals surface area contributed by atoms with Gasteiger partial charge in [-0.25, -0.2) is 0 Å². The van der Waals surface area contributed by atoms with Gasteiger partial charge in [0.25, 0.3) is 10.1 Å². The van der Waals surface area contributed by atoms with Gasteiger partial charge in [-0.05, 0) is 68.1 Å². The fraction of sp³-hybridized carbons (Fsp3) is 0.647. The second-order valence-electron chi connectivity index (χ2n) is 7.19. The van der Waals surface area contributed by atoms with E-state index in [0.29, 0.717) is 19.3 Å². The summed E-state index contributed by atoms with van der Waals surface area (Å²) in [5.74, 6) is 0.868. The van der Waals surface area contributed by atoms with E-state index in [2.05, 4.69) is 12.1 Å². The van der Waals surface area contributed by atoms with Gasteiger partial charge in [0.05, 0.1) is 7.11 Å². The first-order valence-corrected chi connectivity index (χ1v) is 9.52. The molecule has 1 aromatic carbocycles. The second kappa shape index (κ2) is 7.27. The normalized spacial score (nSPS) is 30.5. The minimum Gasteiger partial charge on any atom is -0.496 e. The van der Waals surface area contributed by atoms with Gasteiger partial charge in [0.15, 0.2) is 5.44 Å². The van der Waals surface area contributed by atoms with Crippen LogP contribution in [0, 0.1) is 12.3 Å². The summed E-state index contributed by atoms with van der Waals surface area (Å²) >= 11 is 0. The number of aliphatic hydroxyl groups excluding tert-OH is 1. The zero-order chi connectivity index (χ0) is 16.9. The Morgan fingerprint density at radius 2 is 1.67 bits per heavy atom. The molecule has 1 atom stereocenters. The van der Waals surface area contributed by atoms with Crippen LogP contribution in [-0.4, -0.2) is 82.0 Å². The number of hydrogen-bond acceptors (Lipinski definition) is 4. The Bertz CT molecular complexity index is 691. The smallest absolute Gasteiger partial charge is 0.292 e. The van der Waals surface area contributed by atoms with Crippen LogP contribution in [0.3, 0.4) is 0 Å². The summed E-state index contributed by atoms with van der Waals surface area (Å²) in [5.41, 5.74) is 0.0743. The Hall–Kier alpha value is 0.526. The number of methoxy groups -OCH3 is 1. The quantitative estimate of drug-likeness (QED) is 0.620. The summed E-state index contributed by atoms with van der Waals surface area (Å²) in [6, 6.07) is 6.25. The topological polar surface area (TPSA) is 83.8 Å². The first-order chi connectivity index (χ1) is 10.7. The van der Waals surface area contributed by atoms with E-state index in [0.717, 1.165) is 30.6 Å². The molecule has 1 unspecified atom stereocenters. The second-order valence-corrected chi connectivity index (χ2v) is 8.67. The first kappa shape index (κ1) is 20.8. The van der Waals surface area contributed by atoms with E-state index < -0.39 is 21.0 Å². The Morgan fingerprint density at radius 3 is 2.08 bits per heavy atom. The molecule has 3 fully saturated rings. The zero-order valence-electron chi connectivity index (χ0n) is 14.6. The van der Waals surface area contributed by atoms with Crippen LogP contribution in [-0.2, 0) is 15.5 Å². The molecule has 24 heavy (non-hydrogen) atoms. The van der Waals surface area contributed by atoms with Gasteiger partial charge in [0, 0.05) is 56.8 Å². The summed E-state index contributed by atoms with van der Waals surface area (Å²) in [4.78, 5) is 0. The fourth-order valence-electron chi connectivity index (χ4n) is 4.54. The fourth-order valence-corrected chi connectivity index (χ4v) is 5.53. The number of ether oxygens (including phenoxy) is 1. The molecule has 1 aromatic rings. The monoisotopic (exact) mass is 379 g/mol. The molecule has 7 heteroatoms. The van der Waals surface area contributed by atoms with Crippen LogP contribution in [0.2, 0.25) is 0 Å². The van der Waals surface area contributed by atoms with E-state index in [9.17, 15) is 18.1 Å². The summed E-state index contributed by atoms with van der Waals surface area (Å²) in [7, 11) is -2.75. The summed E-state index contributed by atoms with van der Waals surface area (Å²) < 4.78 is 37.3. The van der Waals surface area contributed by atoms with E-state index in [1.54, 1.807) is 7.11 Å². The largest absolute Gasteiger partial charge is 0.496 e. The van der Waals surface area contributed by atoms with Crippen LogP contribution in [0.5, 0.6) is 5.75 Å². The molecule has 2 N–H and O–H groups in total. The van der Waals surface area contributed by atoms with Crippen molar-refractivity contribution in [2.75, 3.05) is 7.11 Å². The minimum absolute atomic E-state index is 0. The Kier molecular flexibility index (Phi) is 6.31. The van der Waals surface area contributed by atoms with E-state index in [-0.39, 0.29) is 56.8 Å². The molecule has 0 amide bonds. The van der Waals surface area contributed by atoms with Crippen LogP contribution in [0.25, 0.3) is 0 Å². The Morgan fingerprint density at radius 1 is 1.12 bits per heavy atom. The molecular formula is C17H24KO5S. The molecule has 0 spiro atoms. The third-order valence-corrected chi connectivity index (χ3v) is 7.18. The number of fused-ring (bicyclic) bond motifs is 3. The molecule has 3 aliphatic rings. The number of rotatable bonds is 4. The number of hydrogen-bond donors (Lipinski definition) is 2. The predicted octanol–water partition coefficient (Wildman–Crippen LogP) is 2.42. The maximum absolute atomic E-state index is 11.4. The van der Waals surface area contributed by atoms with Gasteiger partial charge in [-0.3, -0.25) is 4.55 Å². The van der Waals surface area contributed by atoms with E-state index in [4.69, 9.17) is 4.74 Å². The van der Waals surface area contributed by atoms with E-state index >= 15 is 0 Å². The van der Waals surface area contributed by atoms with Gasteiger partial charge < -0.3 is 9.84 Å². The summed E-state index contributed by atoms with van der Waals surface area (Å²) in [6.45, 7) is 2.02. The molecule has 0 aliphatic heterocycles. The average molecular weight is 380 g/mol. The molecule has 0 saturated heterocycles. The minimum atomic E-state index is -4.41. The SMILES string of the molecule is COc1ccc(C23CCC(C(O)S(=O)(=O)O)(CC2)CC3)cc1C.[K]. The van der Waals surface area contributed by atoms with Crippen molar-refractivity contribution < 1.29 is 22.8 Å². The summed E-state index contributed by atoms with van der Waals surface area (Å²) in [5, 5.41) is 10.1. The molecule has 0 heterocycles. The number of benzene rings is 1. The van der Waals surface area contributed by atoms with Crippen LogP contribution in [0.1, 0.15) is 49.7 Å². The molecule has 4 rings (SSSR count). The average Bonchev–Trinajstić information content (AvgIpc) is 2.55. The summed E-state index contributed by atoms with van der Waals surface area (Å²) in [6.07, 6.45) is 4.39. The van der Waals surface area contributed by atoms with Crippen molar-refractivity contribution in [1.29, 1.82) is 0 Å². The van der Waals surface area contributed by atoms with Gasteiger partial charge in [0.1, 0.15) is 5.75 Å². The van der Waals surface area contributed by atoms with Gasteiger partial charge in [-0.2, -0.15) is 8.42 Å². The van der Waals surface area contributed by atoms with Crippen molar-refractivity contribution in [3.8, 4) is 5.75 Å². The van der Waals surface area contributed by atoms with Gasteiger partial charge in [-0.1, -0.05) is 12.1 Å². The predicted molar refractivity (Wildman–Crippen MR) is 92.9 cm³/mol. The Labute approximate surface area is 186 Å². The van der Waals surface area contributed by atoms with Gasteiger partial charge >= 0.3 is 0 Å². The maximum Gasteiger partial charge on any atom is 0.292 e. The van der Waals surface area contributed by atoms with E-state index in [1.807, 2.05) is 13.0 Å². The van der Waals surface area contributed by atoms with Crippen molar-refractivity contribution >= 4 is 61.5 Å². The molecular weight excluding hydrogens is 355 g/mol. The molecule has 5 nitrogen and oxygen atoms in total. The van der Waals surface area contributed by atoms with Crippen molar-refractivity contribution in [1.82, 2.24) is 0 Å². The molecule has 3 aliphatic carbocycles. The van der Waals surface area contributed by atoms with Crippen LogP contribution in [0.15, 0.2) is 18.2 Å².